The lowest BCUT2D eigenvalue weighted by Gasteiger charge is -2.30. The van der Waals surface area contributed by atoms with Gasteiger partial charge in [-0.1, -0.05) is 18.5 Å². The molecule has 0 N–H and O–H groups in total. The summed E-state index contributed by atoms with van der Waals surface area (Å²) in [7, 11) is 3.62. The second-order valence-electron chi connectivity index (χ2n) is 9.17. The van der Waals surface area contributed by atoms with Gasteiger partial charge in [0.1, 0.15) is 6.61 Å². The lowest BCUT2D eigenvalue weighted by molar-refractivity contribution is 0.0996. The van der Waals surface area contributed by atoms with Gasteiger partial charge in [0.15, 0.2) is 11.5 Å². The summed E-state index contributed by atoms with van der Waals surface area (Å²) < 4.78 is 13.7. The second-order valence-corrected chi connectivity index (χ2v) is 9.58. The van der Waals surface area contributed by atoms with Crippen molar-refractivity contribution in [1.82, 2.24) is 9.47 Å². The first-order valence-corrected chi connectivity index (χ1v) is 12.0. The molecule has 4 aliphatic rings. The Bertz CT molecular complexity index is 1150. The van der Waals surface area contributed by atoms with Crippen LogP contribution in [0.5, 0.6) is 11.5 Å². The summed E-state index contributed by atoms with van der Waals surface area (Å²) in [5.74, 6) is 2.14. The van der Waals surface area contributed by atoms with Gasteiger partial charge >= 0.3 is 0 Å². The van der Waals surface area contributed by atoms with E-state index < -0.39 is 0 Å². The fraction of sp³-hybridized carbons (Fsp3) is 0.423. The van der Waals surface area contributed by atoms with Crippen molar-refractivity contribution in [3.8, 4) is 22.8 Å². The van der Waals surface area contributed by atoms with Gasteiger partial charge in [0.05, 0.1) is 24.4 Å². The summed E-state index contributed by atoms with van der Waals surface area (Å²) in [6.45, 7) is 6.55. The number of aromatic nitrogens is 1. The number of pyridine rings is 1. The molecule has 3 aliphatic heterocycles. The molecule has 1 saturated heterocycles. The van der Waals surface area contributed by atoms with E-state index in [1.165, 1.54) is 12.8 Å². The highest BCUT2D eigenvalue weighted by Gasteiger charge is 2.35. The first-order chi connectivity index (χ1) is 16.0. The molecule has 3 heterocycles. The molecule has 0 aromatic heterocycles. The highest BCUT2D eigenvalue weighted by atomic mass is 35.5. The van der Waals surface area contributed by atoms with Crippen molar-refractivity contribution in [1.29, 1.82) is 0 Å². The van der Waals surface area contributed by atoms with E-state index in [1.807, 2.05) is 48.1 Å². The molecule has 1 aliphatic carbocycles. The number of anilines is 1. The normalized spacial score (nSPS) is 17.1. The monoisotopic (exact) mass is 467 g/mol. The molecule has 0 saturated carbocycles. The van der Waals surface area contributed by atoms with Gasteiger partial charge in [-0.3, -0.25) is 9.69 Å². The summed E-state index contributed by atoms with van der Waals surface area (Å²) in [6, 6.07) is 9.47. The number of ether oxygens (including phenoxy) is 2. The predicted molar refractivity (Wildman–Crippen MR) is 131 cm³/mol. The molecule has 1 amide bonds. The van der Waals surface area contributed by atoms with Crippen LogP contribution in [0.3, 0.4) is 0 Å². The number of halogens is 1. The highest BCUT2D eigenvalue weighted by molar-refractivity contribution is 6.33. The number of methoxy groups -OCH3 is 1. The van der Waals surface area contributed by atoms with Gasteiger partial charge in [0.2, 0.25) is 0 Å². The molecule has 6 nitrogen and oxygen atoms in total. The van der Waals surface area contributed by atoms with Crippen LogP contribution >= 0.6 is 11.6 Å². The number of carbonyl (C=O) groups excluding carboxylic acids is 1. The molecule has 5 rings (SSSR count). The largest absolute Gasteiger partial charge is 0.493 e. The molecule has 33 heavy (non-hydrogen) atoms. The van der Waals surface area contributed by atoms with Crippen LogP contribution in [0.25, 0.3) is 11.3 Å². The van der Waals surface area contributed by atoms with Crippen LogP contribution in [0.1, 0.15) is 35.7 Å². The molecular formula is C26H30ClN3O3. The topological polar surface area (TPSA) is 46.9 Å². The summed E-state index contributed by atoms with van der Waals surface area (Å²) in [6.07, 6.45) is 4.42. The summed E-state index contributed by atoms with van der Waals surface area (Å²) in [5.41, 5.74) is 4.46. The van der Waals surface area contributed by atoms with Crippen molar-refractivity contribution in [2.24, 2.45) is 13.0 Å². The Morgan fingerprint density at radius 2 is 1.88 bits per heavy atom. The zero-order valence-corrected chi connectivity index (χ0v) is 20.2. The van der Waals surface area contributed by atoms with E-state index in [4.69, 9.17) is 21.1 Å². The standard InChI is InChI=1S/C26H30ClN3O3/c1-17-6-10-29(11-7-17)12-13-33-24-14-18(4-5-23(24)32-3)30-16-21-19(26(30)31)15-20-22(27)8-9-28(2)25(20)21/h4-5,8-9,14-15,17H,6-7,10-13,16H2,1-3H3. The van der Waals surface area contributed by atoms with Gasteiger partial charge in [-0.25, -0.2) is 0 Å². The SMILES string of the molecule is COc1ccc(N2Cc3c(cc4c(Cl)ccn(C)c3-4)C2=O)cc1OCCN1CCC(C)CC1. The minimum Gasteiger partial charge on any atom is -0.493 e. The number of benzene rings is 1. The summed E-state index contributed by atoms with van der Waals surface area (Å²) >= 11 is 6.39. The summed E-state index contributed by atoms with van der Waals surface area (Å²) in [5, 5.41) is 0.667. The molecular weight excluding hydrogens is 438 g/mol. The number of hydrogen-bond donors (Lipinski definition) is 0. The molecule has 1 aromatic rings. The molecule has 7 heteroatoms. The maximum atomic E-state index is 13.3. The van der Waals surface area contributed by atoms with E-state index in [0.717, 1.165) is 48.1 Å². The van der Waals surface area contributed by atoms with Gasteiger partial charge in [-0.2, -0.15) is 0 Å². The van der Waals surface area contributed by atoms with E-state index in [9.17, 15) is 4.79 Å². The number of carbonyl (C=O) groups is 1. The number of fused-ring (bicyclic) bond motifs is 3. The third kappa shape index (κ3) is 4.06. The lowest BCUT2D eigenvalue weighted by atomic mass is 9.99. The van der Waals surface area contributed by atoms with Crippen LogP contribution < -0.4 is 14.4 Å². The van der Waals surface area contributed by atoms with Crippen molar-refractivity contribution in [3.05, 3.63) is 52.7 Å². The lowest BCUT2D eigenvalue weighted by Crippen LogP contribution is -2.35. The minimum atomic E-state index is -0.0178. The number of nitrogens with zero attached hydrogens (tertiary/aromatic N) is 3. The van der Waals surface area contributed by atoms with E-state index in [0.29, 0.717) is 35.2 Å². The smallest absolute Gasteiger partial charge is 0.259 e. The number of rotatable bonds is 6. The van der Waals surface area contributed by atoms with Crippen LogP contribution in [-0.2, 0) is 13.6 Å². The van der Waals surface area contributed by atoms with Crippen molar-refractivity contribution in [3.63, 3.8) is 0 Å². The fourth-order valence-electron chi connectivity index (χ4n) is 4.97. The van der Waals surface area contributed by atoms with Crippen molar-refractivity contribution < 1.29 is 14.3 Å². The van der Waals surface area contributed by atoms with Gasteiger partial charge in [0.25, 0.3) is 5.91 Å². The minimum absolute atomic E-state index is 0.0178. The van der Waals surface area contributed by atoms with Crippen molar-refractivity contribution in [2.75, 3.05) is 38.3 Å². The molecule has 174 valence electrons. The van der Waals surface area contributed by atoms with E-state index in [-0.39, 0.29) is 5.91 Å². The number of likely N-dealkylation sites (tertiary alicyclic amines) is 1. The number of hydrogen-bond acceptors (Lipinski definition) is 4. The second kappa shape index (κ2) is 8.92. The third-order valence-electron chi connectivity index (χ3n) is 7.00. The molecule has 1 fully saturated rings. The zero-order chi connectivity index (χ0) is 23.1. The fourth-order valence-corrected chi connectivity index (χ4v) is 5.17. The molecule has 0 spiro atoms. The molecule has 1 aromatic carbocycles. The number of piperidine rings is 1. The van der Waals surface area contributed by atoms with Gasteiger partial charge in [-0.05, 0) is 56.1 Å². The first-order valence-electron chi connectivity index (χ1n) is 11.6. The zero-order valence-electron chi connectivity index (χ0n) is 19.4. The molecule has 0 bridgehead atoms. The van der Waals surface area contributed by atoms with Crippen molar-refractivity contribution >= 4 is 23.2 Å². The predicted octanol–water partition coefficient (Wildman–Crippen LogP) is 5.06. The van der Waals surface area contributed by atoms with Crippen LogP contribution in [0, 0.1) is 5.92 Å². The van der Waals surface area contributed by atoms with Gasteiger partial charge in [0, 0.05) is 48.2 Å². The molecule has 0 unspecified atom stereocenters. The Morgan fingerprint density at radius 1 is 1.09 bits per heavy atom. The van der Waals surface area contributed by atoms with E-state index >= 15 is 0 Å². The Labute approximate surface area is 200 Å². The Morgan fingerprint density at radius 3 is 2.64 bits per heavy atom. The van der Waals surface area contributed by atoms with Gasteiger partial charge in [-0.15, -0.1) is 0 Å². The van der Waals surface area contributed by atoms with Crippen LogP contribution in [0.15, 0.2) is 36.5 Å². The van der Waals surface area contributed by atoms with Crippen molar-refractivity contribution in [2.45, 2.75) is 26.3 Å². The quantitative estimate of drug-likeness (QED) is 0.508. The average Bonchev–Trinajstić information content (AvgIpc) is 3.35. The van der Waals surface area contributed by atoms with Crippen LogP contribution in [-0.4, -0.2) is 48.7 Å². The average molecular weight is 468 g/mol. The first kappa shape index (κ1) is 22.1. The maximum absolute atomic E-state index is 13.3. The molecule has 0 radical (unpaired) electrons. The van der Waals surface area contributed by atoms with Crippen LogP contribution in [0.2, 0.25) is 5.02 Å². The Hall–Kier alpha value is -2.70. The van der Waals surface area contributed by atoms with Crippen LogP contribution in [0.4, 0.5) is 5.69 Å². The third-order valence-corrected chi connectivity index (χ3v) is 7.33. The van der Waals surface area contributed by atoms with Gasteiger partial charge < -0.3 is 18.9 Å². The molecule has 0 atom stereocenters. The Kier molecular flexibility index (Phi) is 5.97. The van der Waals surface area contributed by atoms with E-state index in [2.05, 4.69) is 11.8 Å². The number of aryl methyl sites for hydroxylation is 1. The maximum Gasteiger partial charge on any atom is 0.259 e. The van der Waals surface area contributed by atoms with E-state index in [1.54, 1.807) is 12.0 Å². The number of amides is 1. The summed E-state index contributed by atoms with van der Waals surface area (Å²) in [4.78, 5) is 17.5. The Balaban J connectivity index is 1.34. The highest BCUT2D eigenvalue weighted by Crippen LogP contribution is 2.43.